The predicted molar refractivity (Wildman–Crippen MR) is 66.3 cm³/mol. The molecule has 0 spiro atoms. The van der Waals surface area contributed by atoms with E-state index >= 15 is 0 Å². The van der Waals surface area contributed by atoms with Gasteiger partial charge in [-0.3, -0.25) is 9.59 Å². The van der Waals surface area contributed by atoms with Gasteiger partial charge in [-0.1, -0.05) is 13.8 Å². The standard InChI is InChI=1S/C12H23N3O2/c1-10(2)9-12(17)15-7-5-14(6-8-15)11(16)3-4-13/h10H,3-9,13H2,1-2H3. The first-order valence-corrected chi connectivity index (χ1v) is 6.30. The zero-order chi connectivity index (χ0) is 12.8. The smallest absolute Gasteiger partial charge is 0.223 e. The molecule has 1 aliphatic rings. The largest absolute Gasteiger partial charge is 0.339 e. The van der Waals surface area contributed by atoms with Crippen LogP contribution in [0.5, 0.6) is 0 Å². The molecule has 2 amide bonds. The van der Waals surface area contributed by atoms with E-state index in [0.29, 0.717) is 51.5 Å². The van der Waals surface area contributed by atoms with E-state index < -0.39 is 0 Å². The first kappa shape index (κ1) is 14.0. The van der Waals surface area contributed by atoms with Crippen molar-refractivity contribution in [2.45, 2.75) is 26.7 Å². The zero-order valence-electron chi connectivity index (χ0n) is 10.8. The lowest BCUT2D eigenvalue weighted by Crippen LogP contribution is -2.51. The van der Waals surface area contributed by atoms with Crippen LogP contribution in [0, 0.1) is 5.92 Å². The topological polar surface area (TPSA) is 66.6 Å². The SMILES string of the molecule is CC(C)CC(=O)N1CCN(C(=O)CCN)CC1. The molecule has 0 aromatic rings. The Morgan fingerprint density at radius 2 is 1.53 bits per heavy atom. The number of amides is 2. The summed E-state index contributed by atoms with van der Waals surface area (Å²) in [5, 5.41) is 0. The highest BCUT2D eigenvalue weighted by Gasteiger charge is 2.23. The van der Waals surface area contributed by atoms with E-state index in [1.54, 1.807) is 4.90 Å². The van der Waals surface area contributed by atoms with Crippen molar-refractivity contribution < 1.29 is 9.59 Å². The van der Waals surface area contributed by atoms with Gasteiger partial charge in [-0.25, -0.2) is 0 Å². The van der Waals surface area contributed by atoms with Gasteiger partial charge in [-0.05, 0) is 5.92 Å². The first-order valence-electron chi connectivity index (χ1n) is 6.30. The van der Waals surface area contributed by atoms with Crippen LogP contribution in [0.15, 0.2) is 0 Å². The molecule has 98 valence electrons. The van der Waals surface area contributed by atoms with Crippen LogP contribution in [0.25, 0.3) is 0 Å². The number of piperazine rings is 1. The summed E-state index contributed by atoms with van der Waals surface area (Å²) < 4.78 is 0. The average molecular weight is 241 g/mol. The van der Waals surface area contributed by atoms with Crippen molar-refractivity contribution in [3.63, 3.8) is 0 Å². The molecule has 17 heavy (non-hydrogen) atoms. The number of carbonyl (C=O) groups is 2. The van der Waals surface area contributed by atoms with Gasteiger partial charge in [0.1, 0.15) is 0 Å². The molecule has 1 heterocycles. The quantitative estimate of drug-likeness (QED) is 0.756. The predicted octanol–water partition coefficient (Wildman–Crippen LogP) is 0.0521. The van der Waals surface area contributed by atoms with Crippen LogP contribution in [-0.4, -0.2) is 54.3 Å². The molecule has 1 aliphatic heterocycles. The molecule has 1 fully saturated rings. The van der Waals surface area contributed by atoms with Gasteiger partial charge >= 0.3 is 0 Å². The van der Waals surface area contributed by atoms with E-state index in [2.05, 4.69) is 0 Å². The summed E-state index contributed by atoms with van der Waals surface area (Å²) in [6, 6.07) is 0. The normalized spacial score (nSPS) is 16.5. The highest BCUT2D eigenvalue weighted by atomic mass is 16.2. The van der Waals surface area contributed by atoms with Gasteiger partial charge in [0.15, 0.2) is 0 Å². The molecule has 0 aromatic heterocycles. The van der Waals surface area contributed by atoms with Gasteiger partial charge in [0.2, 0.25) is 11.8 Å². The fourth-order valence-corrected chi connectivity index (χ4v) is 1.97. The lowest BCUT2D eigenvalue weighted by Gasteiger charge is -2.35. The van der Waals surface area contributed by atoms with Crippen molar-refractivity contribution in [2.75, 3.05) is 32.7 Å². The van der Waals surface area contributed by atoms with Gasteiger partial charge in [-0.2, -0.15) is 0 Å². The summed E-state index contributed by atoms with van der Waals surface area (Å²) in [5.74, 6) is 0.689. The Bertz CT molecular complexity index is 271. The summed E-state index contributed by atoms with van der Waals surface area (Å²) in [5.41, 5.74) is 5.35. The maximum absolute atomic E-state index is 11.8. The fraction of sp³-hybridized carbons (Fsp3) is 0.833. The van der Waals surface area contributed by atoms with Crippen LogP contribution < -0.4 is 5.73 Å². The van der Waals surface area contributed by atoms with Gasteiger partial charge in [0.05, 0.1) is 0 Å². The monoisotopic (exact) mass is 241 g/mol. The third kappa shape index (κ3) is 4.34. The van der Waals surface area contributed by atoms with Crippen molar-refractivity contribution in [3.05, 3.63) is 0 Å². The Kier molecular flexibility index (Phi) is 5.41. The molecule has 0 aromatic carbocycles. The third-order valence-corrected chi connectivity index (χ3v) is 2.93. The number of nitrogens with two attached hydrogens (primary N) is 1. The fourth-order valence-electron chi connectivity index (χ4n) is 1.97. The minimum Gasteiger partial charge on any atom is -0.339 e. The van der Waals surface area contributed by atoms with Gasteiger partial charge < -0.3 is 15.5 Å². The Labute approximate surface area is 103 Å². The minimum atomic E-state index is 0.100. The summed E-state index contributed by atoms with van der Waals surface area (Å²) in [7, 11) is 0. The summed E-state index contributed by atoms with van der Waals surface area (Å²) in [6.45, 7) is 7.07. The van der Waals surface area contributed by atoms with E-state index in [1.165, 1.54) is 0 Å². The van der Waals surface area contributed by atoms with Crippen LogP contribution in [0.3, 0.4) is 0 Å². The maximum Gasteiger partial charge on any atom is 0.223 e. The van der Waals surface area contributed by atoms with Crippen molar-refractivity contribution in [2.24, 2.45) is 11.7 Å². The molecule has 1 rings (SSSR count). The molecule has 0 atom stereocenters. The van der Waals surface area contributed by atoms with Crippen LogP contribution in [0.4, 0.5) is 0 Å². The Morgan fingerprint density at radius 3 is 1.94 bits per heavy atom. The Hall–Kier alpha value is -1.10. The van der Waals surface area contributed by atoms with E-state index in [1.807, 2.05) is 18.7 Å². The van der Waals surface area contributed by atoms with Gasteiger partial charge in [0.25, 0.3) is 0 Å². The van der Waals surface area contributed by atoms with E-state index in [0.717, 1.165) is 0 Å². The number of hydrogen-bond acceptors (Lipinski definition) is 3. The van der Waals surface area contributed by atoms with Crippen LogP contribution in [0.2, 0.25) is 0 Å². The number of hydrogen-bond donors (Lipinski definition) is 1. The summed E-state index contributed by atoms with van der Waals surface area (Å²) >= 11 is 0. The van der Waals surface area contributed by atoms with E-state index in [-0.39, 0.29) is 11.8 Å². The van der Waals surface area contributed by atoms with E-state index in [9.17, 15) is 9.59 Å². The number of nitrogens with zero attached hydrogens (tertiary/aromatic N) is 2. The molecule has 0 unspecified atom stereocenters. The first-order chi connectivity index (χ1) is 8.04. The van der Waals surface area contributed by atoms with Crippen LogP contribution >= 0.6 is 0 Å². The molecule has 1 saturated heterocycles. The molecule has 0 radical (unpaired) electrons. The molecule has 0 bridgehead atoms. The van der Waals surface area contributed by atoms with Gasteiger partial charge in [-0.15, -0.1) is 0 Å². The van der Waals surface area contributed by atoms with Crippen LogP contribution in [-0.2, 0) is 9.59 Å². The molecule has 5 heteroatoms. The summed E-state index contributed by atoms with van der Waals surface area (Å²) in [6.07, 6.45) is 0.997. The second-order valence-electron chi connectivity index (χ2n) is 4.90. The minimum absolute atomic E-state index is 0.100. The highest BCUT2D eigenvalue weighted by molar-refractivity contribution is 5.78. The van der Waals surface area contributed by atoms with E-state index in [4.69, 9.17) is 5.73 Å². The average Bonchev–Trinajstić information content (AvgIpc) is 2.28. The third-order valence-electron chi connectivity index (χ3n) is 2.93. The lowest BCUT2D eigenvalue weighted by atomic mass is 10.1. The molecule has 0 saturated carbocycles. The van der Waals surface area contributed by atoms with Gasteiger partial charge in [0, 0.05) is 45.6 Å². The molecule has 0 aliphatic carbocycles. The van der Waals surface area contributed by atoms with Crippen molar-refractivity contribution in [1.29, 1.82) is 0 Å². The number of carbonyl (C=O) groups excluding carboxylic acids is 2. The molecule has 2 N–H and O–H groups in total. The second kappa shape index (κ2) is 6.59. The lowest BCUT2D eigenvalue weighted by molar-refractivity contribution is -0.139. The Balaban J connectivity index is 2.35. The molecule has 5 nitrogen and oxygen atoms in total. The zero-order valence-corrected chi connectivity index (χ0v) is 10.8. The highest BCUT2D eigenvalue weighted by Crippen LogP contribution is 2.08. The van der Waals surface area contributed by atoms with Crippen molar-refractivity contribution in [3.8, 4) is 0 Å². The van der Waals surface area contributed by atoms with Crippen molar-refractivity contribution >= 4 is 11.8 Å². The maximum atomic E-state index is 11.8. The van der Waals surface area contributed by atoms with Crippen LogP contribution in [0.1, 0.15) is 26.7 Å². The number of rotatable bonds is 4. The summed E-state index contributed by atoms with van der Waals surface area (Å²) in [4.78, 5) is 27.1. The molecular weight excluding hydrogens is 218 g/mol. The Morgan fingerprint density at radius 1 is 1.06 bits per heavy atom. The van der Waals surface area contributed by atoms with Crippen molar-refractivity contribution in [1.82, 2.24) is 9.80 Å². The molecular formula is C12H23N3O2. The second-order valence-corrected chi connectivity index (χ2v) is 4.90.